The van der Waals surface area contributed by atoms with E-state index in [9.17, 15) is 4.79 Å². The number of nitrogens with one attached hydrogen (secondary N) is 1. The monoisotopic (exact) mass is 235 g/mol. The van der Waals surface area contributed by atoms with Crippen LogP contribution in [-0.4, -0.2) is 37.1 Å². The second kappa shape index (κ2) is 5.77. The van der Waals surface area contributed by atoms with E-state index < -0.39 is 0 Å². The maximum absolute atomic E-state index is 12.1. The molecule has 0 radical (unpaired) electrons. The fourth-order valence-corrected chi connectivity index (χ4v) is 1.83. The highest BCUT2D eigenvalue weighted by Crippen LogP contribution is 2.09. The molecule has 1 fully saturated rings. The molecule has 0 aliphatic carbocycles. The van der Waals surface area contributed by atoms with Crippen LogP contribution in [0, 0.1) is 0 Å². The van der Waals surface area contributed by atoms with Crippen molar-refractivity contribution in [2.75, 3.05) is 26.3 Å². The molecule has 2 rings (SSSR count). The normalized spacial score (nSPS) is 15.9. The van der Waals surface area contributed by atoms with Gasteiger partial charge in [0.2, 0.25) is 0 Å². The summed E-state index contributed by atoms with van der Waals surface area (Å²) in [5.41, 5.74) is 4.36. The molecule has 92 valence electrons. The van der Waals surface area contributed by atoms with Crippen LogP contribution < -0.4 is 11.3 Å². The van der Waals surface area contributed by atoms with Crippen molar-refractivity contribution in [1.82, 2.24) is 10.3 Å². The van der Waals surface area contributed by atoms with Gasteiger partial charge in [-0.2, -0.15) is 0 Å². The van der Waals surface area contributed by atoms with Crippen LogP contribution in [0.3, 0.4) is 0 Å². The van der Waals surface area contributed by atoms with Gasteiger partial charge < -0.3 is 9.64 Å². The molecule has 1 aromatic carbocycles. The second-order valence-electron chi connectivity index (χ2n) is 3.98. The quantitative estimate of drug-likeness (QED) is 0.577. The minimum Gasteiger partial charge on any atom is -0.378 e. The summed E-state index contributed by atoms with van der Waals surface area (Å²) < 4.78 is 5.22. The molecule has 0 bridgehead atoms. The van der Waals surface area contributed by atoms with E-state index in [2.05, 4.69) is 5.43 Å². The largest absolute Gasteiger partial charge is 0.378 e. The average molecular weight is 235 g/mol. The number of hydrazine groups is 1. The standard InChI is InChI=1S/C12H17N3O2/c13-14-9-10-1-3-11(4-2-10)12(16)15-5-7-17-8-6-15/h1-4,14H,5-9,13H2. The molecule has 1 heterocycles. The molecule has 1 aliphatic heterocycles. The van der Waals surface area contributed by atoms with Gasteiger partial charge in [-0.25, -0.2) is 0 Å². The van der Waals surface area contributed by atoms with Crippen LogP contribution in [0.5, 0.6) is 0 Å². The SMILES string of the molecule is NNCc1ccc(C(=O)N2CCOCC2)cc1. The number of nitrogens with two attached hydrogens (primary N) is 1. The summed E-state index contributed by atoms with van der Waals surface area (Å²) in [6.45, 7) is 3.20. The number of hydrogen-bond donors (Lipinski definition) is 2. The van der Waals surface area contributed by atoms with Crippen molar-refractivity contribution in [3.8, 4) is 0 Å². The number of nitrogens with zero attached hydrogens (tertiary/aromatic N) is 1. The van der Waals surface area contributed by atoms with Crippen LogP contribution in [0.15, 0.2) is 24.3 Å². The number of ether oxygens (including phenoxy) is 1. The maximum Gasteiger partial charge on any atom is 0.254 e. The Balaban J connectivity index is 2.03. The molecule has 5 heteroatoms. The smallest absolute Gasteiger partial charge is 0.254 e. The maximum atomic E-state index is 12.1. The zero-order valence-corrected chi connectivity index (χ0v) is 9.69. The Hall–Kier alpha value is -1.43. The molecule has 0 spiro atoms. The van der Waals surface area contributed by atoms with Crippen molar-refractivity contribution >= 4 is 5.91 Å². The van der Waals surface area contributed by atoms with Crippen LogP contribution >= 0.6 is 0 Å². The molecule has 0 atom stereocenters. The van der Waals surface area contributed by atoms with E-state index in [1.807, 2.05) is 29.2 Å². The van der Waals surface area contributed by atoms with Crippen LogP contribution in [0.4, 0.5) is 0 Å². The zero-order chi connectivity index (χ0) is 12.1. The molecule has 0 unspecified atom stereocenters. The van der Waals surface area contributed by atoms with Crippen LogP contribution in [0.25, 0.3) is 0 Å². The summed E-state index contributed by atoms with van der Waals surface area (Å²) in [6, 6.07) is 7.50. The van der Waals surface area contributed by atoms with Gasteiger partial charge in [0.05, 0.1) is 13.2 Å². The summed E-state index contributed by atoms with van der Waals surface area (Å²) in [7, 11) is 0. The predicted molar refractivity (Wildman–Crippen MR) is 64.2 cm³/mol. The predicted octanol–water partition coefficient (Wildman–Crippen LogP) is 0.122. The van der Waals surface area contributed by atoms with Crippen LogP contribution in [0.1, 0.15) is 15.9 Å². The van der Waals surface area contributed by atoms with Crippen molar-refractivity contribution in [2.24, 2.45) is 5.84 Å². The van der Waals surface area contributed by atoms with Gasteiger partial charge in [-0.05, 0) is 17.7 Å². The van der Waals surface area contributed by atoms with Gasteiger partial charge in [-0.1, -0.05) is 12.1 Å². The number of rotatable bonds is 3. The lowest BCUT2D eigenvalue weighted by molar-refractivity contribution is 0.0303. The van der Waals surface area contributed by atoms with Crippen LogP contribution in [0.2, 0.25) is 0 Å². The Morgan fingerprint density at radius 2 is 1.94 bits per heavy atom. The Labute approximate surface area is 101 Å². The van der Waals surface area contributed by atoms with Gasteiger partial charge in [0.1, 0.15) is 0 Å². The first-order valence-electron chi connectivity index (χ1n) is 5.70. The highest BCUT2D eigenvalue weighted by molar-refractivity contribution is 5.94. The Bertz CT molecular complexity index is 372. The third kappa shape index (κ3) is 3.03. The molecular formula is C12H17N3O2. The third-order valence-corrected chi connectivity index (χ3v) is 2.81. The zero-order valence-electron chi connectivity index (χ0n) is 9.69. The highest BCUT2D eigenvalue weighted by Gasteiger charge is 2.17. The molecular weight excluding hydrogens is 218 g/mol. The number of amides is 1. The fraction of sp³-hybridized carbons (Fsp3) is 0.417. The average Bonchev–Trinajstić information content (AvgIpc) is 2.40. The number of carbonyl (C=O) groups excluding carboxylic acids is 1. The number of benzene rings is 1. The summed E-state index contributed by atoms with van der Waals surface area (Å²) >= 11 is 0. The molecule has 0 aromatic heterocycles. The van der Waals surface area contributed by atoms with Crippen molar-refractivity contribution in [2.45, 2.75) is 6.54 Å². The van der Waals surface area contributed by atoms with E-state index in [-0.39, 0.29) is 5.91 Å². The molecule has 1 aromatic rings. The van der Waals surface area contributed by atoms with E-state index >= 15 is 0 Å². The van der Waals surface area contributed by atoms with Gasteiger partial charge in [0, 0.05) is 25.2 Å². The Morgan fingerprint density at radius 3 is 2.53 bits per heavy atom. The van der Waals surface area contributed by atoms with Gasteiger partial charge in [0.25, 0.3) is 5.91 Å². The van der Waals surface area contributed by atoms with Gasteiger partial charge in [-0.15, -0.1) is 0 Å². The minimum atomic E-state index is 0.0700. The molecule has 0 saturated carbocycles. The van der Waals surface area contributed by atoms with Crippen molar-refractivity contribution in [3.05, 3.63) is 35.4 Å². The Morgan fingerprint density at radius 1 is 1.29 bits per heavy atom. The van der Waals surface area contributed by atoms with Crippen molar-refractivity contribution < 1.29 is 9.53 Å². The summed E-state index contributed by atoms with van der Waals surface area (Å²) in [5, 5.41) is 0. The first-order chi connectivity index (χ1) is 8.31. The van der Waals surface area contributed by atoms with Gasteiger partial charge in [0.15, 0.2) is 0 Å². The number of carbonyl (C=O) groups is 1. The molecule has 1 amide bonds. The van der Waals surface area contributed by atoms with Crippen molar-refractivity contribution in [1.29, 1.82) is 0 Å². The van der Waals surface area contributed by atoms with E-state index in [1.165, 1.54) is 0 Å². The summed E-state index contributed by atoms with van der Waals surface area (Å²) in [4.78, 5) is 13.9. The Kier molecular flexibility index (Phi) is 4.08. The number of morpholine rings is 1. The fourth-order valence-electron chi connectivity index (χ4n) is 1.83. The molecule has 1 aliphatic rings. The third-order valence-electron chi connectivity index (χ3n) is 2.81. The van der Waals surface area contributed by atoms with E-state index in [0.717, 1.165) is 5.56 Å². The molecule has 5 nitrogen and oxygen atoms in total. The van der Waals surface area contributed by atoms with E-state index in [1.54, 1.807) is 0 Å². The first kappa shape index (κ1) is 12.0. The number of hydrogen-bond acceptors (Lipinski definition) is 4. The first-order valence-corrected chi connectivity index (χ1v) is 5.70. The second-order valence-corrected chi connectivity index (χ2v) is 3.98. The summed E-state index contributed by atoms with van der Waals surface area (Å²) in [5.74, 6) is 5.31. The minimum absolute atomic E-state index is 0.0700. The van der Waals surface area contributed by atoms with E-state index in [0.29, 0.717) is 38.4 Å². The van der Waals surface area contributed by atoms with Gasteiger partial charge >= 0.3 is 0 Å². The lowest BCUT2D eigenvalue weighted by Crippen LogP contribution is -2.40. The molecule has 3 N–H and O–H groups in total. The highest BCUT2D eigenvalue weighted by atomic mass is 16.5. The van der Waals surface area contributed by atoms with Crippen molar-refractivity contribution in [3.63, 3.8) is 0 Å². The molecule has 1 saturated heterocycles. The molecule has 17 heavy (non-hydrogen) atoms. The van der Waals surface area contributed by atoms with E-state index in [4.69, 9.17) is 10.6 Å². The van der Waals surface area contributed by atoms with Crippen LogP contribution in [-0.2, 0) is 11.3 Å². The summed E-state index contributed by atoms with van der Waals surface area (Å²) in [6.07, 6.45) is 0. The lowest BCUT2D eigenvalue weighted by atomic mass is 10.1. The topological polar surface area (TPSA) is 67.6 Å². The van der Waals surface area contributed by atoms with Gasteiger partial charge in [-0.3, -0.25) is 16.1 Å². The lowest BCUT2D eigenvalue weighted by Gasteiger charge is -2.26.